The molecule has 1 heterocycles. The summed E-state index contributed by atoms with van der Waals surface area (Å²) >= 11 is 0. The largest absolute Gasteiger partial charge is 0.448 e. The molecule has 21 heavy (non-hydrogen) atoms. The Labute approximate surface area is 122 Å². The zero-order valence-corrected chi connectivity index (χ0v) is 12.3. The van der Waals surface area contributed by atoms with Crippen molar-refractivity contribution in [1.82, 2.24) is 5.32 Å². The van der Waals surface area contributed by atoms with Gasteiger partial charge in [-0.15, -0.1) is 0 Å². The Morgan fingerprint density at radius 3 is 2.90 bits per heavy atom. The van der Waals surface area contributed by atoms with Crippen LogP contribution in [-0.2, 0) is 0 Å². The Kier molecular flexibility index (Phi) is 4.96. The molecule has 5 heteroatoms. The van der Waals surface area contributed by atoms with Gasteiger partial charge in [0.2, 0.25) is 0 Å². The van der Waals surface area contributed by atoms with Gasteiger partial charge in [-0.1, -0.05) is 19.1 Å². The fourth-order valence-electron chi connectivity index (χ4n) is 2.25. The number of halogens is 1. The van der Waals surface area contributed by atoms with Crippen molar-refractivity contribution in [3.63, 3.8) is 0 Å². The molecule has 0 spiro atoms. The summed E-state index contributed by atoms with van der Waals surface area (Å²) in [4.78, 5) is 12.1. The fourth-order valence-corrected chi connectivity index (χ4v) is 2.25. The van der Waals surface area contributed by atoms with Gasteiger partial charge in [-0.25, -0.2) is 4.39 Å². The summed E-state index contributed by atoms with van der Waals surface area (Å²) in [6.07, 6.45) is 1.62. The van der Waals surface area contributed by atoms with Gasteiger partial charge in [0.25, 0.3) is 5.91 Å². The van der Waals surface area contributed by atoms with E-state index in [-0.39, 0.29) is 29.8 Å². The van der Waals surface area contributed by atoms with Gasteiger partial charge in [0.05, 0.1) is 0 Å². The molecular formula is C16H20FNO3. The summed E-state index contributed by atoms with van der Waals surface area (Å²) < 4.78 is 19.0. The van der Waals surface area contributed by atoms with Crippen molar-refractivity contribution < 1.29 is 18.7 Å². The molecule has 2 rings (SSSR count). The van der Waals surface area contributed by atoms with Gasteiger partial charge in [0.15, 0.2) is 17.2 Å². The van der Waals surface area contributed by atoms with Crippen LogP contribution in [0.1, 0.15) is 35.9 Å². The van der Waals surface area contributed by atoms with Gasteiger partial charge < -0.3 is 14.8 Å². The summed E-state index contributed by atoms with van der Waals surface area (Å²) in [6.45, 7) is 4.35. The molecule has 0 aliphatic rings. The second-order valence-corrected chi connectivity index (χ2v) is 5.36. The number of fused-ring (bicyclic) bond motifs is 1. The number of furan rings is 1. The number of para-hydroxylation sites is 1. The molecule has 114 valence electrons. The predicted octanol–water partition coefficient (Wildman–Crippen LogP) is 3.02. The van der Waals surface area contributed by atoms with Crippen LogP contribution < -0.4 is 5.32 Å². The van der Waals surface area contributed by atoms with Crippen LogP contribution in [0.3, 0.4) is 0 Å². The Morgan fingerprint density at radius 2 is 2.24 bits per heavy atom. The third-order valence-electron chi connectivity index (χ3n) is 3.59. The lowest BCUT2D eigenvalue weighted by Gasteiger charge is -2.07. The average Bonchev–Trinajstić information content (AvgIpc) is 2.82. The number of hydrogen-bond donors (Lipinski definition) is 2. The molecule has 4 nitrogen and oxygen atoms in total. The molecule has 2 aromatic rings. The average molecular weight is 293 g/mol. The van der Waals surface area contributed by atoms with E-state index in [1.165, 1.54) is 6.07 Å². The second-order valence-electron chi connectivity index (χ2n) is 5.36. The summed E-state index contributed by atoms with van der Waals surface area (Å²) in [6, 6.07) is 4.64. The van der Waals surface area contributed by atoms with Gasteiger partial charge in [0.1, 0.15) is 0 Å². The van der Waals surface area contributed by atoms with Gasteiger partial charge >= 0.3 is 0 Å². The number of rotatable bonds is 6. The highest BCUT2D eigenvalue weighted by molar-refractivity contribution is 5.98. The molecule has 0 saturated heterocycles. The third-order valence-corrected chi connectivity index (χ3v) is 3.59. The number of hydrogen-bond acceptors (Lipinski definition) is 3. The molecule has 1 atom stereocenters. The zero-order valence-electron chi connectivity index (χ0n) is 12.3. The van der Waals surface area contributed by atoms with E-state index in [0.29, 0.717) is 17.5 Å². The van der Waals surface area contributed by atoms with E-state index in [0.717, 1.165) is 12.8 Å². The minimum Gasteiger partial charge on any atom is -0.448 e. The summed E-state index contributed by atoms with van der Waals surface area (Å²) in [5.74, 6) is -0.416. The fraction of sp³-hybridized carbons (Fsp3) is 0.438. The standard InChI is InChI=1S/C16H20FNO3/c1-10(9-19)5-4-8-18-16(20)14-11(2)12-6-3-7-13(17)15(12)21-14/h3,6-7,10,19H,4-5,8-9H2,1-2H3,(H,18,20). The Bertz CT molecular complexity index is 636. The van der Waals surface area contributed by atoms with Crippen molar-refractivity contribution in [3.8, 4) is 0 Å². The van der Waals surface area contributed by atoms with Crippen LogP contribution in [0.5, 0.6) is 0 Å². The molecule has 0 saturated carbocycles. The first-order chi connectivity index (χ1) is 10.0. The number of benzene rings is 1. The van der Waals surface area contributed by atoms with Crippen molar-refractivity contribution in [2.45, 2.75) is 26.7 Å². The first-order valence-electron chi connectivity index (χ1n) is 7.11. The molecule has 1 aromatic carbocycles. The van der Waals surface area contributed by atoms with Crippen molar-refractivity contribution in [2.75, 3.05) is 13.2 Å². The van der Waals surface area contributed by atoms with Gasteiger partial charge in [-0.2, -0.15) is 0 Å². The summed E-state index contributed by atoms with van der Waals surface area (Å²) in [5, 5.41) is 12.3. The first kappa shape index (κ1) is 15.5. The van der Waals surface area contributed by atoms with E-state index in [4.69, 9.17) is 9.52 Å². The van der Waals surface area contributed by atoms with Crippen LogP contribution in [0.25, 0.3) is 11.0 Å². The normalized spacial score (nSPS) is 12.6. The lowest BCUT2D eigenvalue weighted by Crippen LogP contribution is -2.25. The van der Waals surface area contributed by atoms with Crippen molar-refractivity contribution in [1.29, 1.82) is 0 Å². The minimum atomic E-state index is -0.466. The van der Waals surface area contributed by atoms with Gasteiger partial charge in [-0.3, -0.25) is 4.79 Å². The van der Waals surface area contributed by atoms with E-state index in [1.54, 1.807) is 19.1 Å². The zero-order chi connectivity index (χ0) is 15.4. The maximum atomic E-state index is 13.6. The highest BCUT2D eigenvalue weighted by Gasteiger charge is 2.19. The Hall–Kier alpha value is -1.88. The van der Waals surface area contributed by atoms with Crippen LogP contribution in [0.4, 0.5) is 4.39 Å². The minimum absolute atomic E-state index is 0.119. The smallest absolute Gasteiger partial charge is 0.287 e. The third kappa shape index (κ3) is 3.42. The molecule has 0 fully saturated rings. The van der Waals surface area contributed by atoms with Gasteiger partial charge in [0, 0.05) is 24.1 Å². The Balaban J connectivity index is 2.03. The SMILES string of the molecule is Cc1c(C(=O)NCCCC(C)CO)oc2c(F)cccc12. The van der Waals surface area contributed by atoms with Crippen molar-refractivity contribution >= 4 is 16.9 Å². The van der Waals surface area contributed by atoms with E-state index in [2.05, 4.69) is 5.32 Å². The van der Waals surface area contributed by atoms with Crippen LogP contribution in [0.2, 0.25) is 0 Å². The van der Waals surface area contributed by atoms with Crippen LogP contribution in [0, 0.1) is 18.7 Å². The molecule has 0 bridgehead atoms. The lowest BCUT2D eigenvalue weighted by atomic mass is 10.1. The predicted molar refractivity (Wildman–Crippen MR) is 78.7 cm³/mol. The lowest BCUT2D eigenvalue weighted by molar-refractivity contribution is 0.0925. The molecule has 0 radical (unpaired) electrons. The van der Waals surface area contributed by atoms with Crippen molar-refractivity contribution in [3.05, 3.63) is 35.3 Å². The monoisotopic (exact) mass is 293 g/mol. The highest BCUT2D eigenvalue weighted by Crippen LogP contribution is 2.27. The number of carbonyl (C=O) groups excluding carboxylic acids is 1. The molecular weight excluding hydrogens is 273 g/mol. The molecule has 0 aliphatic heterocycles. The quantitative estimate of drug-likeness (QED) is 0.805. The topological polar surface area (TPSA) is 62.5 Å². The second kappa shape index (κ2) is 6.72. The van der Waals surface area contributed by atoms with Crippen LogP contribution in [0.15, 0.2) is 22.6 Å². The molecule has 1 amide bonds. The summed E-state index contributed by atoms with van der Waals surface area (Å²) in [7, 11) is 0. The molecule has 2 N–H and O–H groups in total. The number of amides is 1. The van der Waals surface area contributed by atoms with Gasteiger partial charge in [-0.05, 0) is 31.7 Å². The number of nitrogens with one attached hydrogen (secondary N) is 1. The highest BCUT2D eigenvalue weighted by atomic mass is 19.1. The number of carbonyl (C=O) groups is 1. The molecule has 1 unspecified atom stereocenters. The van der Waals surface area contributed by atoms with Crippen molar-refractivity contribution in [2.24, 2.45) is 5.92 Å². The first-order valence-corrected chi connectivity index (χ1v) is 7.11. The summed E-state index contributed by atoms with van der Waals surface area (Å²) in [5.41, 5.74) is 0.764. The maximum Gasteiger partial charge on any atom is 0.287 e. The molecule has 1 aromatic heterocycles. The van der Waals surface area contributed by atoms with E-state index >= 15 is 0 Å². The number of aliphatic hydroxyl groups is 1. The van der Waals surface area contributed by atoms with Crippen LogP contribution in [-0.4, -0.2) is 24.2 Å². The van der Waals surface area contributed by atoms with E-state index in [1.807, 2.05) is 6.92 Å². The maximum absolute atomic E-state index is 13.6. The Morgan fingerprint density at radius 1 is 1.48 bits per heavy atom. The molecule has 0 aliphatic carbocycles. The number of aryl methyl sites for hydroxylation is 1. The van der Waals surface area contributed by atoms with E-state index in [9.17, 15) is 9.18 Å². The number of aliphatic hydroxyl groups excluding tert-OH is 1. The van der Waals surface area contributed by atoms with Crippen LogP contribution >= 0.6 is 0 Å². The van der Waals surface area contributed by atoms with E-state index < -0.39 is 5.82 Å².